The van der Waals surface area contributed by atoms with Crippen LogP contribution < -0.4 is 16.9 Å². The molecule has 0 aliphatic rings. The summed E-state index contributed by atoms with van der Waals surface area (Å²) >= 11 is 4.57. The molecule has 0 aliphatic heterocycles. The third kappa shape index (κ3) is 2.67. The van der Waals surface area contributed by atoms with Crippen LogP contribution in [0.2, 0.25) is 0 Å². The number of nitrogens with two attached hydrogens (primary N) is 2. The monoisotopic (exact) mass is 209 g/mol. The largest absolute Gasteiger partial charge is 0.397 e. The lowest BCUT2D eigenvalue weighted by Crippen LogP contribution is -2.24. The molecule has 0 unspecified atom stereocenters. The molecule has 0 aliphatic carbocycles. The molecule has 74 valence electrons. The summed E-state index contributed by atoms with van der Waals surface area (Å²) in [6.45, 7) is 1.90. The predicted octanol–water partition coefficient (Wildman–Crippen LogP) is 0.139. The molecule has 6 heteroatoms. The van der Waals surface area contributed by atoms with E-state index in [0.29, 0.717) is 11.4 Å². The van der Waals surface area contributed by atoms with Gasteiger partial charge in [-0.2, -0.15) is 5.10 Å². The van der Waals surface area contributed by atoms with Gasteiger partial charge in [-0.05, 0) is 30.8 Å². The minimum atomic E-state index is 0.104. The molecule has 0 fully saturated rings. The molecule has 1 heterocycles. The van der Waals surface area contributed by atoms with E-state index in [2.05, 4.69) is 27.7 Å². The molecule has 1 aromatic heterocycles. The van der Waals surface area contributed by atoms with Crippen LogP contribution in [0.25, 0.3) is 0 Å². The topological polar surface area (TPSA) is 89.3 Å². The highest BCUT2D eigenvalue weighted by molar-refractivity contribution is 7.80. The molecule has 0 amide bonds. The van der Waals surface area contributed by atoms with Crippen LogP contribution in [0.1, 0.15) is 11.3 Å². The normalized spacial score (nSPS) is 10.4. The van der Waals surface area contributed by atoms with Crippen LogP contribution in [0, 0.1) is 6.92 Å². The summed E-state index contributed by atoms with van der Waals surface area (Å²) in [6, 6.07) is 1.83. The quantitative estimate of drug-likeness (QED) is 0.366. The van der Waals surface area contributed by atoms with Gasteiger partial charge < -0.3 is 11.5 Å². The van der Waals surface area contributed by atoms with Crippen molar-refractivity contribution in [3.63, 3.8) is 0 Å². The summed E-state index contributed by atoms with van der Waals surface area (Å²) in [7, 11) is 0. The molecular weight excluding hydrogens is 198 g/mol. The number of rotatable bonds is 2. The molecule has 0 saturated carbocycles. The van der Waals surface area contributed by atoms with Gasteiger partial charge in [-0.3, -0.25) is 10.4 Å². The van der Waals surface area contributed by atoms with Crippen LogP contribution in [0.3, 0.4) is 0 Å². The first-order chi connectivity index (χ1) is 6.61. The highest BCUT2D eigenvalue weighted by Gasteiger charge is 1.99. The average Bonchev–Trinajstić information content (AvgIpc) is 2.12. The lowest BCUT2D eigenvalue weighted by Gasteiger charge is -2.01. The van der Waals surface area contributed by atoms with Crippen LogP contribution in [0.5, 0.6) is 0 Å². The highest BCUT2D eigenvalue weighted by Crippen LogP contribution is 2.10. The van der Waals surface area contributed by atoms with Crippen LogP contribution in [0.4, 0.5) is 5.69 Å². The van der Waals surface area contributed by atoms with E-state index in [0.717, 1.165) is 5.56 Å². The summed E-state index contributed by atoms with van der Waals surface area (Å²) < 4.78 is 0. The zero-order valence-corrected chi connectivity index (χ0v) is 8.51. The standard InChI is InChI=1S/C8H11N5S/c1-5-2-3-11-6(7(5)9)4-12-13-8(10)14/h2-4H,9H2,1H3,(H3,10,13,14)/b12-4+. The molecular formula is C8H11N5S. The highest BCUT2D eigenvalue weighted by atomic mass is 32.1. The molecule has 5 nitrogen and oxygen atoms in total. The summed E-state index contributed by atoms with van der Waals surface area (Å²) in [4.78, 5) is 4.04. The first-order valence-electron chi connectivity index (χ1n) is 3.91. The number of hydrogen-bond donors (Lipinski definition) is 3. The van der Waals surface area contributed by atoms with Gasteiger partial charge in [0, 0.05) is 6.20 Å². The van der Waals surface area contributed by atoms with Crippen LogP contribution in [-0.4, -0.2) is 16.3 Å². The SMILES string of the molecule is Cc1ccnc(/C=N/NC(N)=S)c1N. The van der Waals surface area contributed by atoms with Crippen molar-refractivity contribution in [3.8, 4) is 0 Å². The summed E-state index contributed by atoms with van der Waals surface area (Å²) in [5.41, 5.74) is 15.5. The Morgan fingerprint density at radius 2 is 2.43 bits per heavy atom. The van der Waals surface area contributed by atoms with Gasteiger partial charge in [0.15, 0.2) is 5.11 Å². The smallest absolute Gasteiger partial charge is 0.184 e. The van der Waals surface area contributed by atoms with E-state index in [4.69, 9.17) is 11.5 Å². The van der Waals surface area contributed by atoms with Crippen molar-refractivity contribution < 1.29 is 0 Å². The molecule has 0 saturated heterocycles. The number of aromatic nitrogens is 1. The average molecular weight is 209 g/mol. The molecule has 14 heavy (non-hydrogen) atoms. The molecule has 0 bridgehead atoms. The molecule has 1 aromatic rings. The van der Waals surface area contributed by atoms with Crippen molar-refractivity contribution in [3.05, 3.63) is 23.5 Å². The third-order valence-electron chi connectivity index (χ3n) is 1.60. The molecule has 1 rings (SSSR count). The zero-order chi connectivity index (χ0) is 10.6. The number of anilines is 1. The Labute approximate surface area is 87.2 Å². The zero-order valence-electron chi connectivity index (χ0n) is 7.69. The van der Waals surface area contributed by atoms with E-state index in [-0.39, 0.29) is 5.11 Å². The molecule has 0 spiro atoms. The Morgan fingerprint density at radius 1 is 1.71 bits per heavy atom. The number of hydrazone groups is 1. The van der Waals surface area contributed by atoms with E-state index < -0.39 is 0 Å². The molecule has 0 aromatic carbocycles. The van der Waals surface area contributed by atoms with Crippen molar-refractivity contribution in [2.24, 2.45) is 10.8 Å². The number of nitrogens with one attached hydrogen (secondary N) is 1. The number of nitrogens with zero attached hydrogens (tertiary/aromatic N) is 2. The van der Waals surface area contributed by atoms with Crippen LogP contribution in [-0.2, 0) is 0 Å². The molecule has 5 N–H and O–H groups in total. The van der Waals surface area contributed by atoms with Crippen molar-refractivity contribution in [2.45, 2.75) is 6.92 Å². The van der Waals surface area contributed by atoms with Crippen molar-refractivity contribution in [2.75, 3.05) is 5.73 Å². The maximum absolute atomic E-state index is 5.75. The van der Waals surface area contributed by atoms with E-state index >= 15 is 0 Å². The van der Waals surface area contributed by atoms with Crippen LogP contribution in [0.15, 0.2) is 17.4 Å². The Balaban J connectivity index is 2.81. The minimum absolute atomic E-state index is 0.104. The second-order valence-corrected chi connectivity index (χ2v) is 3.10. The lowest BCUT2D eigenvalue weighted by atomic mass is 10.2. The number of nitrogen functional groups attached to an aromatic ring is 1. The first-order valence-corrected chi connectivity index (χ1v) is 4.31. The maximum Gasteiger partial charge on any atom is 0.184 e. The number of aryl methyl sites for hydroxylation is 1. The number of pyridine rings is 1. The Bertz CT molecular complexity index is 374. The van der Waals surface area contributed by atoms with Gasteiger partial charge in [0.2, 0.25) is 0 Å². The van der Waals surface area contributed by atoms with Gasteiger partial charge in [0.05, 0.1) is 11.9 Å². The Hall–Kier alpha value is -1.69. The minimum Gasteiger partial charge on any atom is -0.397 e. The van der Waals surface area contributed by atoms with E-state index in [9.17, 15) is 0 Å². The van der Waals surface area contributed by atoms with E-state index in [1.165, 1.54) is 6.21 Å². The third-order valence-corrected chi connectivity index (χ3v) is 1.69. The number of hydrogen-bond acceptors (Lipinski definition) is 4. The maximum atomic E-state index is 5.75. The fourth-order valence-electron chi connectivity index (χ4n) is 0.851. The van der Waals surface area contributed by atoms with Crippen molar-refractivity contribution >= 4 is 29.2 Å². The fourth-order valence-corrected chi connectivity index (χ4v) is 0.903. The van der Waals surface area contributed by atoms with Gasteiger partial charge in [-0.15, -0.1) is 0 Å². The van der Waals surface area contributed by atoms with Crippen LogP contribution >= 0.6 is 12.2 Å². The van der Waals surface area contributed by atoms with Gasteiger partial charge in [-0.25, -0.2) is 0 Å². The second-order valence-electron chi connectivity index (χ2n) is 2.66. The van der Waals surface area contributed by atoms with E-state index in [1.807, 2.05) is 13.0 Å². The second kappa shape index (κ2) is 4.52. The summed E-state index contributed by atoms with van der Waals surface area (Å²) in [6.07, 6.45) is 3.13. The number of thiocarbonyl (C=S) groups is 1. The lowest BCUT2D eigenvalue weighted by molar-refractivity contribution is 1.04. The van der Waals surface area contributed by atoms with Gasteiger partial charge >= 0.3 is 0 Å². The van der Waals surface area contributed by atoms with Crippen molar-refractivity contribution in [1.29, 1.82) is 0 Å². The van der Waals surface area contributed by atoms with Crippen molar-refractivity contribution in [1.82, 2.24) is 10.4 Å². The van der Waals surface area contributed by atoms with Gasteiger partial charge in [-0.1, -0.05) is 0 Å². The Morgan fingerprint density at radius 3 is 3.07 bits per heavy atom. The fraction of sp³-hybridized carbons (Fsp3) is 0.125. The predicted molar refractivity (Wildman–Crippen MR) is 60.9 cm³/mol. The van der Waals surface area contributed by atoms with Gasteiger partial charge in [0.25, 0.3) is 0 Å². The van der Waals surface area contributed by atoms with Gasteiger partial charge in [0.1, 0.15) is 5.69 Å². The summed E-state index contributed by atoms with van der Waals surface area (Å²) in [5.74, 6) is 0. The first kappa shape index (κ1) is 10.4. The molecule has 0 atom stereocenters. The van der Waals surface area contributed by atoms with E-state index in [1.54, 1.807) is 6.20 Å². The molecule has 0 radical (unpaired) electrons. The Kier molecular flexibility index (Phi) is 3.35. The summed E-state index contributed by atoms with van der Waals surface area (Å²) in [5, 5.41) is 3.86.